The number of amides is 1. The molecule has 3 N–H and O–H groups in total. The summed E-state index contributed by atoms with van der Waals surface area (Å²) in [7, 11) is 1.60. The van der Waals surface area contributed by atoms with Gasteiger partial charge in [-0.05, 0) is 30.3 Å². The number of carbonyl (C=O) groups is 1. The lowest BCUT2D eigenvalue weighted by atomic mass is 10.2. The van der Waals surface area contributed by atoms with E-state index >= 15 is 0 Å². The van der Waals surface area contributed by atoms with Crippen molar-refractivity contribution in [1.29, 1.82) is 0 Å². The second-order valence-electron chi connectivity index (χ2n) is 5.19. The molecule has 6 nitrogen and oxygen atoms in total. The lowest BCUT2D eigenvalue weighted by Gasteiger charge is -2.08. The van der Waals surface area contributed by atoms with Gasteiger partial charge in [0.05, 0.1) is 13.3 Å². The summed E-state index contributed by atoms with van der Waals surface area (Å²) in [5, 5.41) is 12.1. The molecule has 1 aromatic heterocycles. The van der Waals surface area contributed by atoms with Crippen LogP contribution in [0.25, 0.3) is 11.4 Å². The molecule has 0 saturated carbocycles. The lowest BCUT2D eigenvalue weighted by Crippen LogP contribution is -2.23. The van der Waals surface area contributed by atoms with Crippen molar-refractivity contribution < 1.29 is 14.6 Å². The molecule has 3 aromatic rings. The third kappa shape index (κ3) is 3.38. The first-order chi connectivity index (χ1) is 11.7. The number of aromatic amines is 1. The zero-order valence-corrected chi connectivity index (χ0v) is 13.1. The largest absolute Gasteiger partial charge is 0.508 e. The Morgan fingerprint density at radius 3 is 2.71 bits per heavy atom. The van der Waals surface area contributed by atoms with Crippen molar-refractivity contribution in [3.05, 3.63) is 66.0 Å². The van der Waals surface area contributed by atoms with Crippen molar-refractivity contribution in [2.24, 2.45) is 0 Å². The van der Waals surface area contributed by atoms with E-state index in [-0.39, 0.29) is 11.7 Å². The second-order valence-corrected chi connectivity index (χ2v) is 5.19. The van der Waals surface area contributed by atoms with Gasteiger partial charge in [0.25, 0.3) is 5.91 Å². The number of phenolic OH excluding ortho intramolecular Hbond substituents is 1. The molecule has 0 aliphatic carbocycles. The number of rotatable bonds is 5. The average molecular weight is 323 g/mol. The van der Waals surface area contributed by atoms with Gasteiger partial charge in [-0.25, -0.2) is 4.98 Å². The highest BCUT2D eigenvalue weighted by Crippen LogP contribution is 2.19. The molecular weight excluding hydrogens is 306 g/mol. The lowest BCUT2D eigenvalue weighted by molar-refractivity contribution is 0.0946. The molecule has 0 spiro atoms. The van der Waals surface area contributed by atoms with Gasteiger partial charge in [-0.1, -0.05) is 18.2 Å². The van der Waals surface area contributed by atoms with Gasteiger partial charge in [-0.3, -0.25) is 4.79 Å². The molecule has 0 saturated heterocycles. The number of hydrogen-bond acceptors (Lipinski definition) is 4. The van der Waals surface area contributed by atoms with Crippen molar-refractivity contribution in [2.45, 2.75) is 6.54 Å². The maximum Gasteiger partial charge on any atom is 0.269 e. The summed E-state index contributed by atoms with van der Waals surface area (Å²) in [6.45, 7) is 0.358. The zero-order chi connectivity index (χ0) is 16.9. The van der Waals surface area contributed by atoms with Gasteiger partial charge in [0.15, 0.2) is 0 Å². The maximum atomic E-state index is 12.3. The number of ether oxygens (including phenoxy) is 1. The SMILES string of the molecule is COc1ccccc1CNC(=O)c1cnc(-c2ccc(O)cc2)[nH]1. The van der Waals surface area contributed by atoms with E-state index in [4.69, 9.17) is 4.74 Å². The van der Waals surface area contributed by atoms with Crippen LogP contribution in [0.5, 0.6) is 11.5 Å². The zero-order valence-electron chi connectivity index (χ0n) is 13.1. The fourth-order valence-corrected chi connectivity index (χ4v) is 2.32. The highest BCUT2D eigenvalue weighted by atomic mass is 16.5. The third-order valence-electron chi connectivity index (χ3n) is 3.59. The Bertz CT molecular complexity index is 841. The number of hydrogen-bond donors (Lipinski definition) is 3. The minimum absolute atomic E-state index is 0.181. The molecule has 0 aliphatic heterocycles. The Labute approximate surface area is 139 Å². The van der Waals surface area contributed by atoms with Gasteiger partial charge in [0.2, 0.25) is 0 Å². The van der Waals surface area contributed by atoms with Crippen molar-refractivity contribution in [2.75, 3.05) is 7.11 Å². The topological polar surface area (TPSA) is 87.2 Å². The minimum Gasteiger partial charge on any atom is -0.508 e. The normalized spacial score (nSPS) is 10.4. The number of benzene rings is 2. The third-order valence-corrected chi connectivity index (χ3v) is 3.59. The molecule has 6 heteroatoms. The van der Waals surface area contributed by atoms with Crippen LogP contribution in [-0.2, 0) is 6.54 Å². The molecule has 2 aromatic carbocycles. The van der Waals surface area contributed by atoms with E-state index in [2.05, 4.69) is 15.3 Å². The standard InChI is InChI=1S/C18H17N3O3/c1-24-16-5-3-2-4-13(16)10-20-18(23)15-11-19-17(21-15)12-6-8-14(22)9-7-12/h2-9,11,22H,10H2,1H3,(H,19,21)(H,20,23). The van der Waals surface area contributed by atoms with Crippen LogP contribution in [0.3, 0.4) is 0 Å². The van der Waals surface area contributed by atoms with Crippen molar-refractivity contribution >= 4 is 5.91 Å². The van der Waals surface area contributed by atoms with Gasteiger partial charge in [-0.15, -0.1) is 0 Å². The summed E-state index contributed by atoms with van der Waals surface area (Å²) >= 11 is 0. The summed E-state index contributed by atoms with van der Waals surface area (Å²) in [6, 6.07) is 14.1. The van der Waals surface area contributed by atoms with Crippen LogP contribution in [0.1, 0.15) is 16.1 Å². The van der Waals surface area contributed by atoms with Crippen LogP contribution < -0.4 is 10.1 Å². The number of H-pyrrole nitrogens is 1. The van der Waals surface area contributed by atoms with E-state index in [9.17, 15) is 9.90 Å². The van der Waals surface area contributed by atoms with Gasteiger partial charge < -0.3 is 20.1 Å². The van der Waals surface area contributed by atoms with Crippen LogP contribution in [-0.4, -0.2) is 28.1 Å². The van der Waals surface area contributed by atoms with E-state index in [1.807, 2.05) is 24.3 Å². The van der Waals surface area contributed by atoms with Crippen LogP contribution in [0, 0.1) is 0 Å². The predicted octanol–water partition coefficient (Wildman–Crippen LogP) is 2.72. The van der Waals surface area contributed by atoms with Crippen molar-refractivity contribution in [3.63, 3.8) is 0 Å². The molecule has 1 heterocycles. The smallest absolute Gasteiger partial charge is 0.269 e. The average Bonchev–Trinajstić information content (AvgIpc) is 3.10. The Morgan fingerprint density at radius 2 is 1.96 bits per heavy atom. The molecule has 0 unspecified atom stereocenters. The number of methoxy groups -OCH3 is 1. The van der Waals surface area contributed by atoms with Crippen LogP contribution in [0.2, 0.25) is 0 Å². The number of phenols is 1. The van der Waals surface area contributed by atoms with E-state index in [1.54, 1.807) is 31.4 Å². The first-order valence-electron chi connectivity index (χ1n) is 7.42. The molecule has 24 heavy (non-hydrogen) atoms. The number of aromatic nitrogens is 2. The van der Waals surface area contributed by atoms with Gasteiger partial charge >= 0.3 is 0 Å². The molecule has 0 radical (unpaired) electrons. The fraction of sp³-hybridized carbons (Fsp3) is 0.111. The summed E-state index contributed by atoms with van der Waals surface area (Å²) in [4.78, 5) is 19.4. The van der Waals surface area contributed by atoms with Crippen LogP contribution >= 0.6 is 0 Å². The molecule has 0 atom stereocenters. The first kappa shape index (κ1) is 15.6. The highest BCUT2D eigenvalue weighted by Gasteiger charge is 2.11. The molecule has 0 fully saturated rings. The van der Waals surface area contributed by atoms with E-state index in [0.717, 1.165) is 16.9 Å². The highest BCUT2D eigenvalue weighted by molar-refractivity contribution is 5.92. The molecular formula is C18H17N3O3. The Morgan fingerprint density at radius 1 is 1.21 bits per heavy atom. The van der Waals surface area contributed by atoms with Gasteiger partial charge in [0.1, 0.15) is 23.0 Å². The molecule has 3 rings (SSSR count). The number of nitrogens with one attached hydrogen (secondary N) is 2. The van der Waals surface area contributed by atoms with Crippen LogP contribution in [0.15, 0.2) is 54.7 Å². The maximum absolute atomic E-state index is 12.3. The number of aromatic hydroxyl groups is 1. The predicted molar refractivity (Wildman–Crippen MR) is 89.9 cm³/mol. The molecule has 1 amide bonds. The van der Waals surface area contributed by atoms with Crippen molar-refractivity contribution in [1.82, 2.24) is 15.3 Å². The Balaban J connectivity index is 1.69. The summed E-state index contributed by atoms with van der Waals surface area (Å²) in [5.41, 5.74) is 2.05. The summed E-state index contributed by atoms with van der Waals surface area (Å²) in [6.07, 6.45) is 1.49. The first-order valence-corrected chi connectivity index (χ1v) is 7.42. The number of para-hydroxylation sites is 1. The summed E-state index contributed by atoms with van der Waals surface area (Å²) in [5.74, 6) is 1.23. The monoisotopic (exact) mass is 323 g/mol. The summed E-state index contributed by atoms with van der Waals surface area (Å²) < 4.78 is 5.26. The van der Waals surface area contributed by atoms with Gasteiger partial charge in [-0.2, -0.15) is 0 Å². The molecule has 122 valence electrons. The van der Waals surface area contributed by atoms with Crippen LogP contribution in [0.4, 0.5) is 0 Å². The van der Waals surface area contributed by atoms with E-state index in [0.29, 0.717) is 18.1 Å². The van der Waals surface area contributed by atoms with E-state index < -0.39 is 0 Å². The van der Waals surface area contributed by atoms with Crippen molar-refractivity contribution in [3.8, 4) is 22.9 Å². The molecule has 0 aliphatic rings. The Kier molecular flexibility index (Phi) is 4.47. The quantitative estimate of drug-likeness (QED) is 0.674. The number of imidazole rings is 1. The minimum atomic E-state index is -0.251. The molecule has 0 bridgehead atoms. The second kappa shape index (κ2) is 6.87. The fourth-order valence-electron chi connectivity index (χ4n) is 2.32. The number of carbonyl (C=O) groups excluding carboxylic acids is 1. The van der Waals surface area contributed by atoms with E-state index in [1.165, 1.54) is 6.20 Å². The van der Waals surface area contributed by atoms with Gasteiger partial charge in [0, 0.05) is 17.7 Å². The Hall–Kier alpha value is -3.28. The number of nitrogens with zero attached hydrogens (tertiary/aromatic N) is 1.